The first kappa shape index (κ1) is 10.3. The lowest BCUT2D eigenvalue weighted by atomic mass is 10.2. The Morgan fingerprint density at radius 2 is 1.33 bits per heavy atom. The minimum atomic E-state index is 0.00796. The van der Waals surface area contributed by atoms with E-state index in [9.17, 15) is 0 Å². The molecule has 1 unspecified atom stereocenters. The number of rotatable bonds is 3. The molecule has 15 heavy (non-hydrogen) atoms. The normalized spacial score (nSPS) is 12.3. The lowest BCUT2D eigenvalue weighted by Crippen LogP contribution is -2.04. The number of thioether (sulfide) groups is 1. The minimum Gasteiger partial charge on any atom is -0.315 e. The first-order valence-electron chi connectivity index (χ1n) is 4.88. The molecule has 76 valence electrons. The summed E-state index contributed by atoms with van der Waals surface area (Å²) in [5, 5.41) is 0.00796. The molecule has 2 heteroatoms. The van der Waals surface area contributed by atoms with E-state index in [0.29, 0.717) is 0 Å². The summed E-state index contributed by atoms with van der Waals surface area (Å²) in [5.74, 6) is 0. The molecule has 0 aliphatic rings. The molecule has 0 spiro atoms. The lowest BCUT2D eigenvalue weighted by molar-refractivity contribution is 1.03. The second-order valence-electron chi connectivity index (χ2n) is 3.26. The predicted octanol–water partition coefficient (Wildman–Crippen LogP) is 3.44. The molecule has 2 aromatic rings. The molecule has 0 aliphatic heterocycles. The van der Waals surface area contributed by atoms with Gasteiger partial charge in [-0.05, 0) is 17.7 Å². The highest BCUT2D eigenvalue weighted by Crippen LogP contribution is 2.30. The average Bonchev–Trinajstić information content (AvgIpc) is 2.31. The fourth-order valence-corrected chi connectivity index (χ4v) is 2.26. The van der Waals surface area contributed by atoms with Gasteiger partial charge in [0, 0.05) is 4.90 Å². The molecule has 1 atom stereocenters. The van der Waals surface area contributed by atoms with Crippen LogP contribution in [0.25, 0.3) is 0 Å². The fourth-order valence-electron chi connectivity index (χ4n) is 1.36. The third-order valence-electron chi connectivity index (χ3n) is 2.13. The van der Waals surface area contributed by atoms with Gasteiger partial charge in [-0.2, -0.15) is 0 Å². The third kappa shape index (κ3) is 2.85. The van der Waals surface area contributed by atoms with Crippen LogP contribution in [0.1, 0.15) is 10.9 Å². The molecule has 2 aromatic carbocycles. The van der Waals surface area contributed by atoms with Crippen molar-refractivity contribution in [2.75, 3.05) is 0 Å². The number of nitrogens with two attached hydrogens (primary N) is 1. The van der Waals surface area contributed by atoms with Crippen LogP contribution in [-0.4, -0.2) is 0 Å². The fraction of sp³-hybridized carbons (Fsp3) is 0.0769. The molecular weight excluding hydrogens is 202 g/mol. The van der Waals surface area contributed by atoms with Crippen LogP contribution in [0.4, 0.5) is 0 Å². The van der Waals surface area contributed by atoms with Crippen molar-refractivity contribution in [3.63, 3.8) is 0 Å². The van der Waals surface area contributed by atoms with Gasteiger partial charge in [-0.1, -0.05) is 48.5 Å². The van der Waals surface area contributed by atoms with Crippen LogP contribution < -0.4 is 5.73 Å². The molecule has 0 saturated carbocycles. The third-order valence-corrected chi connectivity index (χ3v) is 3.20. The second-order valence-corrected chi connectivity index (χ2v) is 4.48. The number of hydrogen-bond acceptors (Lipinski definition) is 2. The molecule has 1 nitrogen and oxygen atoms in total. The largest absolute Gasteiger partial charge is 0.315 e. The van der Waals surface area contributed by atoms with Crippen molar-refractivity contribution < 1.29 is 0 Å². The maximum Gasteiger partial charge on any atom is 0.0811 e. The van der Waals surface area contributed by atoms with Crippen LogP contribution >= 0.6 is 11.8 Å². The standard InChI is InChI=1S/C13H13NS/c14-13(11-7-3-1-4-8-11)15-12-9-5-2-6-10-12/h1-10,13H,14H2. The van der Waals surface area contributed by atoms with Gasteiger partial charge < -0.3 is 5.73 Å². The zero-order chi connectivity index (χ0) is 10.5. The van der Waals surface area contributed by atoms with Crippen LogP contribution in [0.5, 0.6) is 0 Å². The van der Waals surface area contributed by atoms with E-state index in [1.165, 1.54) is 4.90 Å². The highest BCUT2D eigenvalue weighted by molar-refractivity contribution is 7.99. The van der Waals surface area contributed by atoms with Gasteiger partial charge in [0.25, 0.3) is 0 Å². The van der Waals surface area contributed by atoms with E-state index < -0.39 is 0 Å². The summed E-state index contributed by atoms with van der Waals surface area (Å²) in [4.78, 5) is 1.20. The summed E-state index contributed by atoms with van der Waals surface area (Å²) < 4.78 is 0. The SMILES string of the molecule is NC(Sc1ccccc1)c1ccccc1. The molecule has 0 radical (unpaired) electrons. The van der Waals surface area contributed by atoms with E-state index in [4.69, 9.17) is 5.73 Å². The first-order chi connectivity index (χ1) is 7.36. The van der Waals surface area contributed by atoms with Crippen molar-refractivity contribution in [3.05, 3.63) is 66.2 Å². The Morgan fingerprint density at radius 1 is 0.800 bits per heavy atom. The first-order valence-corrected chi connectivity index (χ1v) is 5.76. The minimum absolute atomic E-state index is 0.00796. The Bertz CT molecular complexity index is 399. The van der Waals surface area contributed by atoms with Crippen LogP contribution in [0.3, 0.4) is 0 Å². The number of hydrogen-bond donors (Lipinski definition) is 1. The van der Waals surface area contributed by atoms with Gasteiger partial charge in [0.15, 0.2) is 0 Å². The molecule has 0 heterocycles. The van der Waals surface area contributed by atoms with Crippen molar-refractivity contribution in [3.8, 4) is 0 Å². The summed E-state index contributed by atoms with van der Waals surface area (Å²) in [6.45, 7) is 0. The summed E-state index contributed by atoms with van der Waals surface area (Å²) >= 11 is 1.67. The highest BCUT2D eigenvalue weighted by Gasteiger charge is 2.05. The quantitative estimate of drug-likeness (QED) is 0.627. The molecule has 0 fully saturated rings. The predicted molar refractivity (Wildman–Crippen MR) is 65.7 cm³/mol. The van der Waals surface area contributed by atoms with Gasteiger partial charge in [-0.25, -0.2) is 0 Å². The molecule has 0 aliphatic carbocycles. The van der Waals surface area contributed by atoms with Gasteiger partial charge >= 0.3 is 0 Å². The van der Waals surface area contributed by atoms with Crippen LogP contribution in [-0.2, 0) is 0 Å². The van der Waals surface area contributed by atoms with Crippen molar-refractivity contribution in [1.29, 1.82) is 0 Å². The van der Waals surface area contributed by atoms with E-state index >= 15 is 0 Å². The monoisotopic (exact) mass is 215 g/mol. The highest BCUT2D eigenvalue weighted by atomic mass is 32.2. The Balaban J connectivity index is 2.08. The van der Waals surface area contributed by atoms with E-state index in [1.54, 1.807) is 11.8 Å². The maximum absolute atomic E-state index is 6.09. The molecule has 0 amide bonds. The van der Waals surface area contributed by atoms with E-state index in [-0.39, 0.29) is 5.37 Å². The summed E-state index contributed by atoms with van der Waals surface area (Å²) in [6, 6.07) is 20.4. The smallest absolute Gasteiger partial charge is 0.0811 e. The average molecular weight is 215 g/mol. The zero-order valence-electron chi connectivity index (χ0n) is 8.34. The van der Waals surface area contributed by atoms with Gasteiger partial charge in [-0.3, -0.25) is 0 Å². The van der Waals surface area contributed by atoms with E-state index in [0.717, 1.165) is 5.56 Å². The van der Waals surface area contributed by atoms with Gasteiger partial charge in [-0.15, -0.1) is 11.8 Å². The van der Waals surface area contributed by atoms with E-state index in [2.05, 4.69) is 24.3 Å². The van der Waals surface area contributed by atoms with Crippen LogP contribution in [0.2, 0.25) is 0 Å². The summed E-state index contributed by atoms with van der Waals surface area (Å²) in [6.07, 6.45) is 0. The molecule has 0 saturated heterocycles. The van der Waals surface area contributed by atoms with Gasteiger partial charge in [0.2, 0.25) is 0 Å². The lowest BCUT2D eigenvalue weighted by Gasteiger charge is -2.11. The van der Waals surface area contributed by atoms with E-state index in [1.807, 2.05) is 36.4 Å². The maximum atomic E-state index is 6.09. The van der Waals surface area contributed by atoms with Crippen molar-refractivity contribution in [1.82, 2.24) is 0 Å². The zero-order valence-corrected chi connectivity index (χ0v) is 9.15. The second kappa shape index (κ2) is 5.01. The van der Waals surface area contributed by atoms with Crippen molar-refractivity contribution >= 4 is 11.8 Å². The Hall–Kier alpha value is -1.25. The number of benzene rings is 2. The van der Waals surface area contributed by atoms with Crippen molar-refractivity contribution in [2.24, 2.45) is 5.73 Å². The van der Waals surface area contributed by atoms with Crippen LogP contribution in [0, 0.1) is 0 Å². The molecule has 2 N–H and O–H groups in total. The Kier molecular flexibility index (Phi) is 3.43. The topological polar surface area (TPSA) is 26.0 Å². The van der Waals surface area contributed by atoms with Gasteiger partial charge in [0.1, 0.15) is 0 Å². The Morgan fingerprint density at radius 3 is 1.93 bits per heavy atom. The molecule has 0 aromatic heterocycles. The molecule has 0 bridgehead atoms. The van der Waals surface area contributed by atoms with Crippen LogP contribution in [0.15, 0.2) is 65.6 Å². The molecule has 2 rings (SSSR count). The summed E-state index contributed by atoms with van der Waals surface area (Å²) in [5.41, 5.74) is 7.25. The summed E-state index contributed by atoms with van der Waals surface area (Å²) in [7, 11) is 0. The van der Waals surface area contributed by atoms with Crippen molar-refractivity contribution in [2.45, 2.75) is 10.3 Å². The van der Waals surface area contributed by atoms with Gasteiger partial charge in [0.05, 0.1) is 5.37 Å². The Labute approximate surface area is 94.3 Å². The molecular formula is C13H13NS.